The summed E-state index contributed by atoms with van der Waals surface area (Å²) in [6.07, 6.45) is 0.557. The van der Waals surface area contributed by atoms with Gasteiger partial charge in [0.15, 0.2) is 11.6 Å². The topological polar surface area (TPSA) is 68.9 Å². The zero-order valence-corrected chi connectivity index (χ0v) is 11.4. The van der Waals surface area contributed by atoms with Gasteiger partial charge in [0.2, 0.25) is 5.89 Å². The maximum absolute atomic E-state index is 11.6. The van der Waals surface area contributed by atoms with Crippen molar-refractivity contribution in [2.75, 3.05) is 11.5 Å². The number of rotatable bonds is 3. The molecule has 0 spiro atoms. The molecule has 7 heteroatoms. The van der Waals surface area contributed by atoms with Crippen molar-refractivity contribution in [2.24, 2.45) is 0 Å². The van der Waals surface area contributed by atoms with E-state index in [-0.39, 0.29) is 11.7 Å². The molecule has 1 fully saturated rings. The van der Waals surface area contributed by atoms with Crippen molar-refractivity contribution < 1.29 is 9.32 Å². The van der Waals surface area contributed by atoms with Crippen molar-refractivity contribution in [2.45, 2.75) is 19.3 Å². The van der Waals surface area contributed by atoms with Gasteiger partial charge in [0.1, 0.15) is 5.92 Å². The lowest BCUT2D eigenvalue weighted by Crippen LogP contribution is -2.09. The fraction of sp³-hybridized carbons (Fsp3) is 0.455. The predicted octanol–water partition coefficient (Wildman–Crippen LogP) is 1.82. The van der Waals surface area contributed by atoms with Crippen molar-refractivity contribution in [1.82, 2.24) is 15.1 Å². The van der Waals surface area contributed by atoms with E-state index in [4.69, 9.17) is 4.52 Å². The molecule has 0 aromatic carbocycles. The predicted molar refractivity (Wildman–Crippen MR) is 69.0 cm³/mol. The van der Waals surface area contributed by atoms with E-state index in [0.29, 0.717) is 23.9 Å². The Hall–Kier alpha value is -1.21. The van der Waals surface area contributed by atoms with Gasteiger partial charge in [-0.15, -0.1) is 11.3 Å². The first kappa shape index (κ1) is 11.9. The summed E-state index contributed by atoms with van der Waals surface area (Å²) in [4.78, 5) is 20.2. The number of hydrogen-bond acceptors (Lipinski definition) is 7. The van der Waals surface area contributed by atoms with Crippen LogP contribution in [0.4, 0.5) is 0 Å². The Kier molecular flexibility index (Phi) is 3.17. The summed E-state index contributed by atoms with van der Waals surface area (Å²) < 4.78 is 5.18. The largest absolute Gasteiger partial charge is 0.339 e. The fourth-order valence-corrected chi connectivity index (χ4v) is 3.51. The third-order valence-electron chi connectivity index (χ3n) is 2.71. The van der Waals surface area contributed by atoms with Crippen LogP contribution in [-0.2, 0) is 11.2 Å². The van der Waals surface area contributed by atoms with Crippen LogP contribution < -0.4 is 0 Å². The molecule has 0 saturated carbocycles. The molecule has 2 aromatic rings. The average Bonchev–Trinajstić information content (AvgIpc) is 3.02. The molecule has 3 rings (SSSR count). The lowest BCUT2D eigenvalue weighted by atomic mass is 10.1. The van der Waals surface area contributed by atoms with Gasteiger partial charge in [0, 0.05) is 11.1 Å². The molecule has 1 atom stereocenters. The Balaban J connectivity index is 1.75. The smallest absolute Gasteiger partial charge is 0.238 e. The molecular weight excluding hydrogens is 270 g/mol. The van der Waals surface area contributed by atoms with Crippen LogP contribution in [0.3, 0.4) is 0 Å². The third-order valence-corrected chi connectivity index (χ3v) is 4.59. The summed E-state index contributed by atoms with van der Waals surface area (Å²) in [6.45, 7) is 1.96. The minimum Gasteiger partial charge on any atom is -0.339 e. The van der Waals surface area contributed by atoms with Crippen LogP contribution in [0.5, 0.6) is 0 Å². The number of nitrogens with zero attached hydrogens (tertiary/aromatic N) is 3. The van der Waals surface area contributed by atoms with Crippen molar-refractivity contribution in [3.63, 3.8) is 0 Å². The molecule has 0 N–H and O–H groups in total. The van der Waals surface area contributed by atoms with E-state index in [1.807, 2.05) is 12.3 Å². The summed E-state index contributed by atoms with van der Waals surface area (Å²) in [6, 6.07) is 0. The van der Waals surface area contributed by atoms with Gasteiger partial charge >= 0.3 is 0 Å². The first-order chi connectivity index (χ1) is 8.72. The standard InChI is InChI=1S/C11H11N3O2S2/c1-6-12-7(3-18-6)2-10-13-11(16-14-10)8-4-17-5-9(8)15/h3,8H,2,4-5H2,1H3. The van der Waals surface area contributed by atoms with Gasteiger partial charge in [0.25, 0.3) is 0 Å². The molecule has 0 bridgehead atoms. The summed E-state index contributed by atoms with van der Waals surface area (Å²) in [7, 11) is 0. The Labute approximate surface area is 112 Å². The second-order valence-corrected chi connectivity index (χ2v) is 6.21. The van der Waals surface area contributed by atoms with E-state index >= 15 is 0 Å². The van der Waals surface area contributed by atoms with Gasteiger partial charge in [-0.25, -0.2) is 4.98 Å². The Morgan fingerprint density at radius 1 is 1.50 bits per heavy atom. The number of carbonyl (C=O) groups is 1. The number of aromatic nitrogens is 3. The highest BCUT2D eigenvalue weighted by Crippen LogP contribution is 2.28. The Morgan fingerprint density at radius 3 is 3.06 bits per heavy atom. The van der Waals surface area contributed by atoms with Crippen LogP contribution >= 0.6 is 23.1 Å². The van der Waals surface area contributed by atoms with Gasteiger partial charge in [-0.3, -0.25) is 4.79 Å². The number of hydrogen-bond donors (Lipinski definition) is 0. The molecule has 0 aliphatic carbocycles. The molecule has 3 heterocycles. The zero-order valence-electron chi connectivity index (χ0n) is 9.75. The Morgan fingerprint density at radius 2 is 2.39 bits per heavy atom. The van der Waals surface area contributed by atoms with E-state index in [1.54, 1.807) is 23.1 Å². The number of ketones is 1. The third kappa shape index (κ3) is 2.32. The van der Waals surface area contributed by atoms with Gasteiger partial charge in [-0.1, -0.05) is 5.16 Å². The van der Waals surface area contributed by atoms with Crippen LogP contribution in [0.2, 0.25) is 0 Å². The van der Waals surface area contributed by atoms with E-state index < -0.39 is 0 Å². The molecule has 2 aromatic heterocycles. The molecule has 0 radical (unpaired) electrons. The van der Waals surface area contributed by atoms with Crippen LogP contribution in [-0.4, -0.2) is 32.4 Å². The van der Waals surface area contributed by atoms with E-state index in [0.717, 1.165) is 16.5 Å². The Bertz CT molecular complexity index is 578. The normalized spacial score (nSPS) is 19.6. The summed E-state index contributed by atoms with van der Waals surface area (Å²) in [5.74, 6) is 2.31. The minimum absolute atomic E-state index is 0.180. The zero-order chi connectivity index (χ0) is 12.5. The first-order valence-electron chi connectivity index (χ1n) is 5.56. The summed E-state index contributed by atoms with van der Waals surface area (Å²) in [5.41, 5.74) is 0.942. The molecule has 94 valence electrons. The number of thiazole rings is 1. The highest BCUT2D eigenvalue weighted by molar-refractivity contribution is 8.00. The average molecular weight is 281 g/mol. The van der Waals surface area contributed by atoms with Crippen LogP contribution in [0.25, 0.3) is 0 Å². The number of carbonyl (C=O) groups excluding carboxylic acids is 1. The number of thioether (sulfide) groups is 1. The maximum Gasteiger partial charge on any atom is 0.238 e. The monoisotopic (exact) mass is 281 g/mol. The van der Waals surface area contributed by atoms with Gasteiger partial charge < -0.3 is 4.52 Å². The van der Waals surface area contributed by atoms with Crippen molar-refractivity contribution >= 4 is 28.9 Å². The number of Topliss-reactive ketones (excluding diaryl/α,β-unsaturated/α-hetero) is 1. The van der Waals surface area contributed by atoms with Crippen molar-refractivity contribution in [3.05, 3.63) is 27.8 Å². The fourth-order valence-electron chi connectivity index (χ4n) is 1.81. The van der Waals surface area contributed by atoms with Crippen LogP contribution in [0, 0.1) is 6.92 Å². The lowest BCUT2D eigenvalue weighted by molar-refractivity contribution is -0.117. The van der Waals surface area contributed by atoms with E-state index in [1.165, 1.54) is 0 Å². The summed E-state index contributed by atoms with van der Waals surface area (Å²) >= 11 is 3.22. The quantitative estimate of drug-likeness (QED) is 0.855. The molecular formula is C11H11N3O2S2. The molecule has 0 amide bonds. The first-order valence-corrected chi connectivity index (χ1v) is 7.60. The van der Waals surface area contributed by atoms with Gasteiger partial charge in [-0.2, -0.15) is 16.7 Å². The van der Waals surface area contributed by atoms with E-state index in [2.05, 4.69) is 15.1 Å². The minimum atomic E-state index is -0.214. The van der Waals surface area contributed by atoms with Gasteiger partial charge in [-0.05, 0) is 6.92 Å². The lowest BCUT2D eigenvalue weighted by Gasteiger charge is -1.97. The molecule has 5 nitrogen and oxygen atoms in total. The van der Waals surface area contributed by atoms with Crippen molar-refractivity contribution in [3.8, 4) is 0 Å². The second kappa shape index (κ2) is 4.81. The maximum atomic E-state index is 11.6. The van der Waals surface area contributed by atoms with Crippen LogP contribution in [0.1, 0.15) is 28.3 Å². The molecule has 18 heavy (non-hydrogen) atoms. The molecule has 1 saturated heterocycles. The molecule has 1 aliphatic heterocycles. The highest BCUT2D eigenvalue weighted by Gasteiger charge is 2.31. The number of aryl methyl sites for hydroxylation is 1. The molecule has 1 aliphatic rings. The highest BCUT2D eigenvalue weighted by atomic mass is 32.2. The van der Waals surface area contributed by atoms with Gasteiger partial charge in [0.05, 0.1) is 22.9 Å². The SMILES string of the molecule is Cc1nc(Cc2noc(C3CSCC3=O)n2)cs1. The van der Waals surface area contributed by atoms with Crippen LogP contribution in [0.15, 0.2) is 9.90 Å². The van der Waals surface area contributed by atoms with Crippen molar-refractivity contribution in [1.29, 1.82) is 0 Å². The molecule has 1 unspecified atom stereocenters. The second-order valence-electron chi connectivity index (χ2n) is 4.12. The van der Waals surface area contributed by atoms with E-state index in [9.17, 15) is 4.79 Å². The summed E-state index contributed by atoms with van der Waals surface area (Å²) in [5, 5.41) is 6.93.